The zero-order chi connectivity index (χ0) is 12.9. The van der Waals surface area contributed by atoms with Gasteiger partial charge in [-0.2, -0.15) is 8.78 Å². The summed E-state index contributed by atoms with van der Waals surface area (Å²) in [5.41, 5.74) is 5.49. The topological polar surface area (TPSA) is 29.3 Å². The maximum atomic E-state index is 13.9. The van der Waals surface area contributed by atoms with E-state index in [1.165, 1.54) is 12.1 Å². The zero-order valence-electron chi connectivity index (χ0n) is 10.4. The summed E-state index contributed by atoms with van der Waals surface area (Å²) in [6.45, 7) is 2.15. The van der Waals surface area contributed by atoms with E-state index >= 15 is 0 Å². The lowest BCUT2D eigenvalue weighted by molar-refractivity contribution is -0.0400. The third kappa shape index (κ3) is 4.06. The lowest BCUT2D eigenvalue weighted by atomic mass is 10.1. The maximum Gasteiger partial charge on any atom is 0.285 e. The summed E-state index contributed by atoms with van der Waals surface area (Å²) < 4.78 is 27.9. The first kappa shape index (κ1) is 14.1. The Hall–Kier alpha value is -1.00. The molecule has 0 amide bonds. The van der Waals surface area contributed by atoms with Crippen molar-refractivity contribution in [3.05, 3.63) is 35.9 Å². The Kier molecular flexibility index (Phi) is 5.02. The van der Waals surface area contributed by atoms with E-state index in [2.05, 4.69) is 0 Å². The molecule has 4 heteroatoms. The van der Waals surface area contributed by atoms with Crippen LogP contribution < -0.4 is 5.73 Å². The van der Waals surface area contributed by atoms with Crippen molar-refractivity contribution in [3.63, 3.8) is 0 Å². The molecule has 0 aliphatic heterocycles. The van der Waals surface area contributed by atoms with Crippen LogP contribution in [-0.4, -0.2) is 31.1 Å². The largest absolute Gasteiger partial charge is 0.330 e. The lowest BCUT2D eigenvalue weighted by Gasteiger charge is -2.28. The minimum absolute atomic E-state index is 0.0619. The Morgan fingerprint density at radius 3 is 2.41 bits per heavy atom. The monoisotopic (exact) mass is 242 g/mol. The Balaban J connectivity index is 2.66. The van der Waals surface area contributed by atoms with Gasteiger partial charge >= 0.3 is 0 Å². The van der Waals surface area contributed by atoms with Gasteiger partial charge in [0, 0.05) is 11.6 Å². The highest BCUT2D eigenvalue weighted by atomic mass is 19.3. The van der Waals surface area contributed by atoms with Gasteiger partial charge < -0.3 is 5.73 Å². The lowest BCUT2D eigenvalue weighted by Crippen LogP contribution is -2.39. The highest BCUT2D eigenvalue weighted by Crippen LogP contribution is 2.29. The fraction of sp³-hybridized carbons (Fsp3) is 0.538. The third-order valence-corrected chi connectivity index (χ3v) is 2.98. The van der Waals surface area contributed by atoms with Crippen molar-refractivity contribution in [1.82, 2.24) is 4.90 Å². The van der Waals surface area contributed by atoms with E-state index in [1.807, 2.05) is 6.92 Å². The second-order valence-electron chi connectivity index (χ2n) is 4.41. The van der Waals surface area contributed by atoms with Crippen molar-refractivity contribution < 1.29 is 8.78 Å². The van der Waals surface area contributed by atoms with E-state index in [0.717, 1.165) is 6.42 Å². The van der Waals surface area contributed by atoms with E-state index in [4.69, 9.17) is 5.73 Å². The van der Waals surface area contributed by atoms with Crippen molar-refractivity contribution in [2.24, 2.45) is 5.73 Å². The minimum atomic E-state index is -2.82. The summed E-state index contributed by atoms with van der Waals surface area (Å²) in [4.78, 5) is 1.65. The zero-order valence-corrected chi connectivity index (χ0v) is 10.4. The molecule has 0 radical (unpaired) electrons. The second-order valence-corrected chi connectivity index (χ2v) is 4.41. The highest BCUT2D eigenvalue weighted by molar-refractivity contribution is 5.20. The van der Waals surface area contributed by atoms with Gasteiger partial charge in [-0.1, -0.05) is 30.3 Å². The molecular formula is C13H20F2N2. The third-order valence-electron chi connectivity index (χ3n) is 2.98. The van der Waals surface area contributed by atoms with Gasteiger partial charge in [0.15, 0.2) is 0 Å². The smallest absolute Gasteiger partial charge is 0.285 e. The molecule has 0 saturated heterocycles. The van der Waals surface area contributed by atoms with Crippen molar-refractivity contribution in [2.45, 2.75) is 25.3 Å². The Bertz CT molecular complexity index is 327. The molecule has 0 spiro atoms. The summed E-state index contributed by atoms with van der Waals surface area (Å²) in [6, 6.07) is 7.98. The van der Waals surface area contributed by atoms with E-state index in [0.29, 0.717) is 6.54 Å². The fourth-order valence-electron chi connectivity index (χ4n) is 1.70. The van der Waals surface area contributed by atoms with E-state index in [9.17, 15) is 8.78 Å². The molecule has 0 aliphatic rings. The summed E-state index contributed by atoms with van der Waals surface area (Å²) in [5.74, 6) is -2.82. The predicted octanol–water partition coefficient (Wildman–Crippen LogP) is 2.45. The first-order valence-corrected chi connectivity index (χ1v) is 5.81. The molecular weight excluding hydrogens is 222 g/mol. The molecule has 1 rings (SSSR count). The van der Waals surface area contributed by atoms with Gasteiger partial charge in [-0.25, -0.2) is 0 Å². The average molecular weight is 242 g/mol. The second kappa shape index (κ2) is 6.07. The van der Waals surface area contributed by atoms with Crippen LogP contribution in [-0.2, 0) is 5.92 Å². The molecule has 1 aromatic carbocycles. The summed E-state index contributed by atoms with van der Waals surface area (Å²) >= 11 is 0. The molecule has 1 atom stereocenters. The molecule has 2 nitrogen and oxygen atoms in total. The molecule has 0 fully saturated rings. The first-order valence-electron chi connectivity index (χ1n) is 5.81. The van der Waals surface area contributed by atoms with Gasteiger partial charge in [0.25, 0.3) is 5.92 Å². The van der Waals surface area contributed by atoms with Gasteiger partial charge in [-0.3, -0.25) is 4.90 Å². The Morgan fingerprint density at radius 2 is 1.88 bits per heavy atom. The van der Waals surface area contributed by atoms with Crippen LogP contribution in [0.15, 0.2) is 30.3 Å². The van der Waals surface area contributed by atoms with Crippen molar-refractivity contribution in [1.29, 1.82) is 0 Å². The van der Waals surface area contributed by atoms with Crippen LogP contribution in [0, 0.1) is 0 Å². The highest BCUT2D eigenvalue weighted by Gasteiger charge is 2.33. The molecule has 2 N–H and O–H groups in total. The van der Waals surface area contributed by atoms with Gasteiger partial charge in [0.05, 0.1) is 6.54 Å². The standard InChI is InChI=1S/C13H20F2N2/c1-11(8-9-16)17(2)10-13(14,15)12-6-4-3-5-7-12/h3-7,11H,8-10,16H2,1-2H3. The minimum Gasteiger partial charge on any atom is -0.330 e. The molecule has 1 aromatic rings. The van der Waals surface area contributed by atoms with Crippen LogP contribution in [0.2, 0.25) is 0 Å². The molecule has 0 heterocycles. The Labute approximate surface area is 101 Å². The van der Waals surface area contributed by atoms with Crippen molar-refractivity contribution in [2.75, 3.05) is 20.1 Å². The molecule has 96 valence electrons. The molecule has 17 heavy (non-hydrogen) atoms. The number of halogens is 2. The number of benzene rings is 1. The van der Waals surface area contributed by atoms with Crippen LogP contribution in [0.3, 0.4) is 0 Å². The average Bonchev–Trinajstić information content (AvgIpc) is 2.30. The summed E-state index contributed by atoms with van der Waals surface area (Å²) in [6.07, 6.45) is 0.724. The quantitative estimate of drug-likeness (QED) is 0.830. The maximum absolute atomic E-state index is 13.9. The number of likely N-dealkylation sites (N-methyl/N-ethyl adjacent to an activating group) is 1. The van der Waals surface area contributed by atoms with Crippen LogP contribution in [0.5, 0.6) is 0 Å². The van der Waals surface area contributed by atoms with Gasteiger partial charge in [0.1, 0.15) is 0 Å². The molecule has 0 aromatic heterocycles. The van der Waals surface area contributed by atoms with Crippen LogP contribution in [0.25, 0.3) is 0 Å². The van der Waals surface area contributed by atoms with Gasteiger partial charge in [-0.05, 0) is 26.9 Å². The van der Waals surface area contributed by atoms with Crippen LogP contribution >= 0.6 is 0 Å². The number of nitrogens with zero attached hydrogens (tertiary/aromatic N) is 1. The number of alkyl halides is 2. The number of hydrogen-bond acceptors (Lipinski definition) is 2. The number of hydrogen-bond donors (Lipinski definition) is 1. The van der Waals surface area contributed by atoms with Gasteiger partial charge in [-0.15, -0.1) is 0 Å². The fourth-order valence-corrected chi connectivity index (χ4v) is 1.70. The first-order chi connectivity index (χ1) is 7.97. The normalized spacial score (nSPS) is 14.0. The Morgan fingerprint density at radius 1 is 1.29 bits per heavy atom. The van der Waals surface area contributed by atoms with Gasteiger partial charge in [0.2, 0.25) is 0 Å². The molecule has 0 bridgehead atoms. The SMILES string of the molecule is CC(CCN)N(C)CC(F)(F)c1ccccc1. The van der Waals surface area contributed by atoms with Crippen molar-refractivity contribution in [3.8, 4) is 0 Å². The molecule has 1 unspecified atom stereocenters. The van der Waals surface area contributed by atoms with Crippen LogP contribution in [0.1, 0.15) is 18.9 Å². The molecule has 0 aliphatic carbocycles. The van der Waals surface area contributed by atoms with Crippen LogP contribution in [0.4, 0.5) is 8.78 Å². The van der Waals surface area contributed by atoms with Crippen molar-refractivity contribution >= 4 is 0 Å². The molecule has 0 saturated carbocycles. The van der Waals surface area contributed by atoms with E-state index in [1.54, 1.807) is 30.1 Å². The van der Waals surface area contributed by atoms with E-state index < -0.39 is 5.92 Å². The summed E-state index contributed by atoms with van der Waals surface area (Å²) in [7, 11) is 1.71. The summed E-state index contributed by atoms with van der Waals surface area (Å²) in [5, 5.41) is 0. The van der Waals surface area contributed by atoms with E-state index in [-0.39, 0.29) is 18.2 Å². The number of rotatable bonds is 6. The predicted molar refractivity (Wildman–Crippen MR) is 66.1 cm³/mol. The number of nitrogens with two attached hydrogens (primary N) is 1.